The van der Waals surface area contributed by atoms with E-state index in [9.17, 15) is 14.7 Å². The molecule has 174 valence electrons. The molecule has 1 unspecified atom stereocenters. The molecule has 1 fully saturated rings. The number of carbonyl (C=O) groups is 2. The zero-order valence-corrected chi connectivity index (χ0v) is 19.5. The van der Waals surface area contributed by atoms with Gasteiger partial charge in [0.2, 0.25) is 0 Å². The normalized spacial score (nSPS) is 17.2. The minimum absolute atomic E-state index is 0.0164. The summed E-state index contributed by atoms with van der Waals surface area (Å²) < 4.78 is 5.74. The fraction of sp³-hybridized carbons (Fsp3) is 0.222. The molecule has 1 aliphatic heterocycles. The first-order chi connectivity index (χ1) is 16.5. The highest BCUT2D eigenvalue weighted by atomic mass is 35.5. The monoisotopic (exact) mass is 476 g/mol. The molecule has 7 heteroatoms. The molecule has 1 aliphatic rings. The zero-order valence-electron chi connectivity index (χ0n) is 18.8. The van der Waals surface area contributed by atoms with Gasteiger partial charge in [-0.15, -0.1) is 0 Å². The number of hydrogen-bond donors (Lipinski definition) is 1. The summed E-state index contributed by atoms with van der Waals surface area (Å²) in [6, 6.07) is 16.1. The number of nitrogens with zero attached hydrogens (tertiary/aromatic N) is 2. The molecule has 0 radical (unpaired) electrons. The third kappa shape index (κ3) is 4.82. The van der Waals surface area contributed by atoms with E-state index in [1.807, 2.05) is 0 Å². The van der Waals surface area contributed by atoms with Crippen molar-refractivity contribution in [2.75, 3.05) is 11.5 Å². The largest absolute Gasteiger partial charge is 0.507 e. The van der Waals surface area contributed by atoms with Crippen molar-refractivity contribution in [3.05, 3.63) is 94.8 Å². The molecule has 3 aromatic rings. The summed E-state index contributed by atoms with van der Waals surface area (Å²) in [4.78, 5) is 31.7. The number of aliphatic hydroxyl groups is 1. The summed E-state index contributed by atoms with van der Waals surface area (Å²) >= 11 is 6.02. The lowest BCUT2D eigenvalue weighted by Gasteiger charge is -2.25. The molecule has 2 aromatic carbocycles. The fourth-order valence-corrected chi connectivity index (χ4v) is 4.09. The zero-order chi connectivity index (χ0) is 24.1. The molecule has 0 spiro atoms. The van der Waals surface area contributed by atoms with E-state index in [0.29, 0.717) is 34.2 Å². The molecule has 0 bridgehead atoms. The van der Waals surface area contributed by atoms with Crippen molar-refractivity contribution in [2.24, 2.45) is 0 Å². The second-order valence-corrected chi connectivity index (χ2v) is 8.44. The lowest BCUT2D eigenvalue weighted by molar-refractivity contribution is -0.132. The number of benzene rings is 2. The predicted octanol–water partition coefficient (Wildman–Crippen LogP) is 5.93. The number of carbonyl (C=O) groups excluding carboxylic acids is 2. The first-order valence-electron chi connectivity index (χ1n) is 11.2. The lowest BCUT2D eigenvalue weighted by Crippen LogP contribution is -2.29. The average Bonchev–Trinajstić information content (AvgIpc) is 3.13. The van der Waals surface area contributed by atoms with Crippen LogP contribution in [-0.2, 0) is 9.59 Å². The molecule has 4 rings (SSSR count). The first-order valence-corrected chi connectivity index (χ1v) is 11.6. The molecule has 2 heterocycles. The molecule has 0 saturated carbocycles. The molecule has 1 N–H and O–H groups in total. The maximum absolute atomic E-state index is 13.1. The third-order valence-corrected chi connectivity index (χ3v) is 5.97. The minimum Gasteiger partial charge on any atom is -0.507 e. The van der Waals surface area contributed by atoms with E-state index >= 15 is 0 Å². The molecule has 34 heavy (non-hydrogen) atoms. The average molecular weight is 477 g/mol. The Balaban J connectivity index is 1.73. The van der Waals surface area contributed by atoms with Crippen LogP contribution in [0, 0.1) is 0 Å². The predicted molar refractivity (Wildman–Crippen MR) is 132 cm³/mol. The van der Waals surface area contributed by atoms with Crippen LogP contribution >= 0.6 is 11.6 Å². The standard InChI is InChI=1S/C27H25ClN2O4/c1-2-3-4-17-34-22-11-5-19(6-12-22)25(31)23-24(18-13-15-29-16-14-18)30(27(33)26(23)32)21-9-7-20(28)8-10-21/h5-16,24,31H,2-4,17H2,1H3/b25-23-. The molecule has 0 aliphatic carbocycles. The number of Topliss-reactive ketones (excluding diaryl/α,β-unsaturated/α-hetero) is 1. The molecular formula is C27H25ClN2O4. The van der Waals surface area contributed by atoms with Crippen LogP contribution in [0.1, 0.15) is 43.4 Å². The third-order valence-electron chi connectivity index (χ3n) is 5.72. The van der Waals surface area contributed by atoms with E-state index in [0.717, 1.165) is 19.3 Å². The van der Waals surface area contributed by atoms with Crippen molar-refractivity contribution >= 4 is 34.7 Å². The summed E-state index contributed by atoms with van der Waals surface area (Å²) in [6.07, 6.45) is 6.35. The maximum Gasteiger partial charge on any atom is 0.300 e. The highest BCUT2D eigenvalue weighted by Crippen LogP contribution is 2.42. The van der Waals surface area contributed by atoms with E-state index in [2.05, 4.69) is 11.9 Å². The van der Waals surface area contributed by atoms with Crippen molar-refractivity contribution in [3.63, 3.8) is 0 Å². The van der Waals surface area contributed by atoms with Gasteiger partial charge in [0.05, 0.1) is 18.2 Å². The topological polar surface area (TPSA) is 79.7 Å². The number of rotatable bonds is 8. The van der Waals surface area contributed by atoms with Gasteiger partial charge in [0.25, 0.3) is 11.7 Å². The summed E-state index contributed by atoms with van der Waals surface area (Å²) in [5.74, 6) is -1.04. The van der Waals surface area contributed by atoms with Crippen molar-refractivity contribution in [2.45, 2.75) is 32.2 Å². The van der Waals surface area contributed by atoms with E-state index in [4.69, 9.17) is 16.3 Å². The van der Waals surface area contributed by atoms with Crippen LogP contribution in [0.4, 0.5) is 5.69 Å². The number of pyridine rings is 1. The molecule has 1 saturated heterocycles. The quantitative estimate of drug-likeness (QED) is 0.188. The highest BCUT2D eigenvalue weighted by Gasteiger charge is 2.46. The van der Waals surface area contributed by atoms with Gasteiger partial charge in [-0.1, -0.05) is 31.4 Å². The van der Waals surface area contributed by atoms with Gasteiger partial charge in [0, 0.05) is 28.7 Å². The van der Waals surface area contributed by atoms with Gasteiger partial charge in [-0.3, -0.25) is 19.5 Å². The van der Waals surface area contributed by atoms with Crippen molar-refractivity contribution < 1.29 is 19.4 Å². The number of unbranched alkanes of at least 4 members (excludes halogenated alkanes) is 2. The van der Waals surface area contributed by atoms with Crippen LogP contribution in [0.15, 0.2) is 78.6 Å². The van der Waals surface area contributed by atoms with Crippen LogP contribution in [0.3, 0.4) is 0 Å². The van der Waals surface area contributed by atoms with Crippen LogP contribution in [0.5, 0.6) is 5.75 Å². The first kappa shape index (κ1) is 23.5. The Labute approximate surface area is 203 Å². The minimum atomic E-state index is -0.811. The van der Waals surface area contributed by atoms with Crippen LogP contribution in [0.2, 0.25) is 5.02 Å². The van der Waals surface area contributed by atoms with Gasteiger partial charge in [-0.25, -0.2) is 0 Å². The maximum atomic E-state index is 13.1. The fourth-order valence-electron chi connectivity index (χ4n) is 3.97. The smallest absolute Gasteiger partial charge is 0.300 e. The molecular weight excluding hydrogens is 452 g/mol. The van der Waals surface area contributed by atoms with Crippen LogP contribution in [-0.4, -0.2) is 28.4 Å². The van der Waals surface area contributed by atoms with Gasteiger partial charge >= 0.3 is 0 Å². The number of aromatic nitrogens is 1. The number of ketones is 1. The van der Waals surface area contributed by atoms with Gasteiger partial charge in [0.1, 0.15) is 11.5 Å². The highest BCUT2D eigenvalue weighted by molar-refractivity contribution is 6.51. The Morgan fingerprint density at radius 2 is 1.68 bits per heavy atom. The Hall–Kier alpha value is -3.64. The van der Waals surface area contributed by atoms with Gasteiger partial charge in [0.15, 0.2) is 0 Å². The Morgan fingerprint density at radius 1 is 1.00 bits per heavy atom. The number of aliphatic hydroxyl groups excluding tert-OH is 1. The number of ether oxygens (including phenoxy) is 1. The van der Waals surface area contributed by atoms with Crippen molar-refractivity contribution in [3.8, 4) is 5.75 Å². The van der Waals surface area contributed by atoms with Gasteiger partial charge in [-0.05, 0) is 72.6 Å². The SMILES string of the molecule is CCCCCOc1ccc(/C(O)=C2/C(=O)C(=O)N(c3ccc(Cl)cc3)C2c2ccncc2)cc1. The number of hydrogen-bond acceptors (Lipinski definition) is 5. The number of anilines is 1. The van der Waals surface area contributed by atoms with Gasteiger partial charge in [-0.2, -0.15) is 0 Å². The van der Waals surface area contributed by atoms with Gasteiger partial charge < -0.3 is 9.84 Å². The van der Waals surface area contributed by atoms with Crippen molar-refractivity contribution in [1.82, 2.24) is 4.98 Å². The number of amides is 1. The number of halogens is 1. The van der Waals surface area contributed by atoms with E-state index < -0.39 is 17.7 Å². The van der Waals surface area contributed by atoms with Crippen molar-refractivity contribution in [1.29, 1.82) is 0 Å². The second kappa shape index (κ2) is 10.5. The summed E-state index contributed by atoms with van der Waals surface area (Å²) in [5, 5.41) is 11.7. The Bertz CT molecular complexity index is 1190. The second-order valence-electron chi connectivity index (χ2n) is 8.01. The van der Waals surface area contributed by atoms with E-state index in [-0.39, 0.29) is 11.3 Å². The molecule has 6 nitrogen and oxygen atoms in total. The van der Waals surface area contributed by atoms with E-state index in [1.165, 1.54) is 4.90 Å². The molecule has 1 atom stereocenters. The van der Waals surface area contributed by atoms with Crippen LogP contribution in [0.25, 0.3) is 5.76 Å². The Morgan fingerprint density at radius 3 is 2.32 bits per heavy atom. The summed E-state index contributed by atoms with van der Waals surface area (Å²) in [5.41, 5.74) is 1.60. The van der Waals surface area contributed by atoms with Crippen LogP contribution < -0.4 is 9.64 Å². The summed E-state index contributed by atoms with van der Waals surface area (Å²) in [7, 11) is 0. The molecule has 1 amide bonds. The lowest BCUT2D eigenvalue weighted by atomic mass is 9.95. The van der Waals surface area contributed by atoms with E-state index in [1.54, 1.807) is 73.1 Å². The molecule has 1 aromatic heterocycles. The Kier molecular flexibility index (Phi) is 7.28. The summed E-state index contributed by atoms with van der Waals surface area (Å²) in [6.45, 7) is 2.75.